The molecule has 0 atom stereocenters. The number of benzene rings is 1. The van der Waals surface area contributed by atoms with Crippen LogP contribution in [0.15, 0.2) is 22.7 Å². The van der Waals surface area contributed by atoms with E-state index >= 15 is 0 Å². The summed E-state index contributed by atoms with van der Waals surface area (Å²) in [5.74, 6) is 0.405. The Morgan fingerprint density at radius 1 is 1.36 bits per heavy atom. The van der Waals surface area contributed by atoms with Crippen LogP contribution in [0.5, 0.6) is 5.75 Å². The Labute approximate surface area is 142 Å². The van der Waals surface area contributed by atoms with E-state index in [0.717, 1.165) is 28.7 Å². The molecule has 2 rings (SSSR count). The lowest BCUT2D eigenvalue weighted by Gasteiger charge is -2.08. The highest BCUT2D eigenvalue weighted by Gasteiger charge is 2.10. The summed E-state index contributed by atoms with van der Waals surface area (Å²) in [5.41, 5.74) is 1.21. The van der Waals surface area contributed by atoms with E-state index < -0.39 is 0 Å². The number of amides is 1. The first-order valence-electron chi connectivity index (χ1n) is 7.15. The van der Waals surface area contributed by atoms with Crippen molar-refractivity contribution in [2.75, 3.05) is 11.9 Å². The average molecular weight is 384 g/mol. The van der Waals surface area contributed by atoms with Gasteiger partial charge in [-0.05, 0) is 46.5 Å². The molecule has 1 heterocycles. The zero-order valence-corrected chi connectivity index (χ0v) is 15.0. The first-order chi connectivity index (χ1) is 10.6. The van der Waals surface area contributed by atoms with Gasteiger partial charge in [0.15, 0.2) is 6.61 Å². The molecule has 1 aromatic carbocycles. The lowest BCUT2D eigenvalue weighted by Crippen LogP contribution is -2.20. The monoisotopic (exact) mass is 383 g/mol. The molecule has 0 aliphatic carbocycles. The van der Waals surface area contributed by atoms with Crippen molar-refractivity contribution >= 4 is 38.3 Å². The van der Waals surface area contributed by atoms with Crippen LogP contribution < -0.4 is 10.1 Å². The Kier molecular flexibility index (Phi) is 6.33. The summed E-state index contributed by atoms with van der Waals surface area (Å²) < 4.78 is 6.37. The molecule has 1 amide bonds. The largest absolute Gasteiger partial charge is 0.483 e. The quantitative estimate of drug-likeness (QED) is 0.788. The van der Waals surface area contributed by atoms with Crippen LogP contribution in [0.25, 0.3) is 0 Å². The molecule has 1 aromatic heterocycles. The van der Waals surface area contributed by atoms with Crippen molar-refractivity contribution in [1.82, 2.24) is 10.2 Å². The minimum absolute atomic E-state index is 0.0627. The van der Waals surface area contributed by atoms with Crippen molar-refractivity contribution in [2.45, 2.75) is 33.1 Å². The fraction of sp³-hybridized carbons (Fsp3) is 0.400. The van der Waals surface area contributed by atoms with E-state index in [1.807, 2.05) is 18.2 Å². The van der Waals surface area contributed by atoms with Gasteiger partial charge in [-0.2, -0.15) is 0 Å². The maximum absolute atomic E-state index is 11.9. The fourth-order valence-corrected chi connectivity index (χ4v) is 3.20. The van der Waals surface area contributed by atoms with Gasteiger partial charge < -0.3 is 4.74 Å². The van der Waals surface area contributed by atoms with Crippen LogP contribution in [0.3, 0.4) is 0 Å². The maximum atomic E-state index is 11.9. The van der Waals surface area contributed by atoms with Crippen molar-refractivity contribution in [3.63, 3.8) is 0 Å². The molecule has 0 spiro atoms. The van der Waals surface area contributed by atoms with Gasteiger partial charge in [-0.3, -0.25) is 10.1 Å². The molecule has 1 N–H and O–H groups in total. The van der Waals surface area contributed by atoms with Gasteiger partial charge in [-0.1, -0.05) is 31.3 Å². The Morgan fingerprint density at radius 3 is 2.86 bits per heavy atom. The summed E-state index contributed by atoms with van der Waals surface area (Å²) in [5, 5.41) is 12.1. The minimum Gasteiger partial charge on any atom is -0.483 e. The van der Waals surface area contributed by atoms with Crippen molar-refractivity contribution < 1.29 is 9.53 Å². The summed E-state index contributed by atoms with van der Waals surface area (Å²) in [6.07, 6.45) is 2.84. The summed E-state index contributed by atoms with van der Waals surface area (Å²) >= 11 is 4.85. The minimum atomic E-state index is -0.245. The number of nitrogens with one attached hydrogen (secondary N) is 1. The number of nitrogens with zero attached hydrogens (tertiary/aromatic N) is 2. The van der Waals surface area contributed by atoms with Crippen LogP contribution in [0, 0.1) is 0 Å². The third-order valence-corrected chi connectivity index (χ3v) is 4.46. The second kappa shape index (κ2) is 8.24. The molecule has 0 aliphatic heterocycles. The molecule has 0 unspecified atom stereocenters. The Bertz CT molecular complexity index is 645. The van der Waals surface area contributed by atoms with E-state index in [2.05, 4.69) is 45.3 Å². The van der Waals surface area contributed by atoms with E-state index in [0.29, 0.717) is 10.9 Å². The van der Waals surface area contributed by atoms with Crippen molar-refractivity contribution in [2.24, 2.45) is 0 Å². The predicted octanol–water partition coefficient (Wildman–Crippen LogP) is 3.83. The number of halogens is 1. The molecule has 5 nitrogen and oxygen atoms in total. The molecule has 0 saturated carbocycles. The first-order valence-corrected chi connectivity index (χ1v) is 8.76. The van der Waals surface area contributed by atoms with Gasteiger partial charge in [0.2, 0.25) is 5.13 Å². The topological polar surface area (TPSA) is 64.1 Å². The highest BCUT2D eigenvalue weighted by atomic mass is 79.9. The predicted molar refractivity (Wildman–Crippen MR) is 91.5 cm³/mol. The molecule has 0 radical (unpaired) electrons. The second-order valence-electron chi connectivity index (χ2n) is 4.71. The van der Waals surface area contributed by atoms with Gasteiger partial charge in [-0.15, -0.1) is 10.2 Å². The first kappa shape index (κ1) is 16.9. The van der Waals surface area contributed by atoms with Crippen LogP contribution in [0.2, 0.25) is 0 Å². The number of hydrogen-bond acceptors (Lipinski definition) is 5. The molecule has 0 saturated heterocycles. The van der Waals surface area contributed by atoms with Crippen molar-refractivity contribution in [3.05, 3.63) is 33.2 Å². The van der Waals surface area contributed by atoms with E-state index in [1.54, 1.807) is 0 Å². The van der Waals surface area contributed by atoms with Crippen molar-refractivity contribution in [3.8, 4) is 5.75 Å². The number of anilines is 1. The van der Waals surface area contributed by atoms with Crippen LogP contribution in [0.4, 0.5) is 5.13 Å². The van der Waals surface area contributed by atoms with Crippen LogP contribution >= 0.6 is 27.3 Å². The van der Waals surface area contributed by atoms with Crippen LogP contribution in [-0.4, -0.2) is 22.7 Å². The van der Waals surface area contributed by atoms with Gasteiger partial charge in [0.1, 0.15) is 10.8 Å². The summed E-state index contributed by atoms with van der Waals surface area (Å²) in [7, 11) is 0. The smallest absolute Gasteiger partial charge is 0.264 e. The zero-order valence-electron chi connectivity index (χ0n) is 12.6. The van der Waals surface area contributed by atoms with E-state index in [9.17, 15) is 4.79 Å². The molecule has 22 heavy (non-hydrogen) atoms. The number of carbonyl (C=O) groups is 1. The average Bonchev–Trinajstić information content (AvgIpc) is 2.93. The molecule has 118 valence electrons. The lowest BCUT2D eigenvalue weighted by molar-refractivity contribution is -0.118. The highest BCUT2D eigenvalue weighted by Crippen LogP contribution is 2.26. The normalized spacial score (nSPS) is 10.5. The second-order valence-corrected chi connectivity index (χ2v) is 6.62. The maximum Gasteiger partial charge on any atom is 0.264 e. The fourth-order valence-electron chi connectivity index (χ4n) is 1.80. The van der Waals surface area contributed by atoms with E-state index in [4.69, 9.17) is 4.74 Å². The number of ether oxygens (including phenoxy) is 1. The van der Waals surface area contributed by atoms with Crippen LogP contribution in [0.1, 0.15) is 30.8 Å². The number of rotatable bonds is 7. The SMILES string of the molecule is CCCc1nnc(NC(=O)COc2ccc(CC)cc2Br)s1. The van der Waals surface area contributed by atoms with Gasteiger partial charge in [0, 0.05) is 6.42 Å². The summed E-state index contributed by atoms with van der Waals surface area (Å²) in [4.78, 5) is 11.9. The number of carbonyl (C=O) groups excluding carboxylic acids is 1. The zero-order chi connectivity index (χ0) is 15.9. The number of hydrogen-bond donors (Lipinski definition) is 1. The third-order valence-electron chi connectivity index (χ3n) is 2.94. The van der Waals surface area contributed by atoms with E-state index in [1.165, 1.54) is 16.9 Å². The molecule has 7 heteroatoms. The molecule has 0 bridgehead atoms. The Balaban J connectivity index is 1.87. The van der Waals surface area contributed by atoms with Gasteiger partial charge in [0.05, 0.1) is 4.47 Å². The molecule has 0 aliphatic rings. The highest BCUT2D eigenvalue weighted by molar-refractivity contribution is 9.10. The van der Waals surface area contributed by atoms with Gasteiger partial charge in [-0.25, -0.2) is 0 Å². The summed E-state index contributed by atoms with van der Waals surface area (Å²) in [6, 6.07) is 5.84. The summed E-state index contributed by atoms with van der Waals surface area (Å²) in [6.45, 7) is 4.10. The Morgan fingerprint density at radius 2 is 2.18 bits per heavy atom. The molecular weight excluding hydrogens is 366 g/mol. The standard InChI is InChI=1S/C15H18BrN3O2S/c1-3-5-14-18-19-15(22-14)17-13(20)9-21-12-7-6-10(4-2)8-11(12)16/h6-8H,3-5,9H2,1-2H3,(H,17,19,20). The van der Waals surface area contributed by atoms with Gasteiger partial charge in [0.25, 0.3) is 5.91 Å². The molecular formula is C15H18BrN3O2S. The lowest BCUT2D eigenvalue weighted by atomic mass is 10.2. The molecule has 0 fully saturated rings. The molecule has 2 aromatic rings. The number of aromatic nitrogens is 2. The van der Waals surface area contributed by atoms with Gasteiger partial charge >= 0.3 is 0 Å². The van der Waals surface area contributed by atoms with Crippen LogP contribution in [-0.2, 0) is 17.6 Å². The Hall–Kier alpha value is -1.47. The number of aryl methyl sites for hydroxylation is 2. The third kappa shape index (κ3) is 4.78. The van der Waals surface area contributed by atoms with Crippen molar-refractivity contribution in [1.29, 1.82) is 0 Å². The van der Waals surface area contributed by atoms with E-state index in [-0.39, 0.29) is 12.5 Å².